The molecule has 8 nitrogen and oxygen atoms in total. The normalized spacial score (nSPS) is 11.4. The number of carbonyl (C=O) groups excluding carboxylic acids is 1. The highest BCUT2D eigenvalue weighted by Gasteiger charge is 2.10. The number of aromatic nitrogens is 3. The largest absolute Gasteiger partial charge is 0.383 e. The molecule has 1 amide bonds. The Hall–Kier alpha value is -3.04. The van der Waals surface area contributed by atoms with E-state index < -0.39 is 9.84 Å². The van der Waals surface area contributed by atoms with Gasteiger partial charge >= 0.3 is 0 Å². The summed E-state index contributed by atoms with van der Waals surface area (Å²) in [5.74, 6) is -0.210. The van der Waals surface area contributed by atoms with Crippen LogP contribution >= 0.6 is 0 Å². The maximum Gasteiger partial charge on any atom is 0.252 e. The molecule has 3 aromatic rings. The van der Waals surface area contributed by atoms with Crippen LogP contribution in [-0.4, -0.2) is 55.6 Å². The van der Waals surface area contributed by atoms with E-state index in [1.807, 2.05) is 0 Å². The summed E-state index contributed by atoms with van der Waals surface area (Å²) in [7, 11) is -1.67. The molecular formula is C19H20N4O4S. The highest BCUT2D eigenvalue weighted by atomic mass is 32.2. The Kier molecular flexibility index (Phi) is 5.86. The van der Waals surface area contributed by atoms with Crippen LogP contribution in [0.2, 0.25) is 0 Å². The second-order valence-electron chi connectivity index (χ2n) is 6.12. The van der Waals surface area contributed by atoms with Gasteiger partial charge in [0.05, 0.1) is 34.6 Å². The Labute approximate surface area is 163 Å². The van der Waals surface area contributed by atoms with Crippen LogP contribution in [-0.2, 0) is 14.6 Å². The molecule has 3 rings (SSSR count). The minimum absolute atomic E-state index is 0.210. The van der Waals surface area contributed by atoms with Crippen LogP contribution in [0.1, 0.15) is 10.4 Å². The molecular weight excluding hydrogens is 380 g/mol. The molecule has 1 N–H and O–H groups in total. The summed E-state index contributed by atoms with van der Waals surface area (Å²) in [5, 5.41) is 7.03. The van der Waals surface area contributed by atoms with Crippen molar-refractivity contribution in [1.29, 1.82) is 0 Å². The molecule has 0 aliphatic heterocycles. The lowest BCUT2D eigenvalue weighted by molar-refractivity contribution is 0.0936. The van der Waals surface area contributed by atoms with Crippen molar-refractivity contribution in [3.63, 3.8) is 0 Å². The van der Waals surface area contributed by atoms with E-state index in [2.05, 4.69) is 15.4 Å². The van der Waals surface area contributed by atoms with Crippen molar-refractivity contribution in [2.75, 3.05) is 26.5 Å². The van der Waals surface area contributed by atoms with Gasteiger partial charge in [-0.3, -0.25) is 9.78 Å². The van der Waals surface area contributed by atoms with Crippen LogP contribution in [0.3, 0.4) is 0 Å². The van der Waals surface area contributed by atoms with Crippen molar-refractivity contribution in [3.05, 3.63) is 60.6 Å². The maximum atomic E-state index is 12.0. The van der Waals surface area contributed by atoms with E-state index in [9.17, 15) is 13.2 Å². The number of nitrogens with one attached hydrogen (secondary N) is 1. The predicted molar refractivity (Wildman–Crippen MR) is 104 cm³/mol. The van der Waals surface area contributed by atoms with Crippen LogP contribution in [0.25, 0.3) is 16.9 Å². The molecule has 0 radical (unpaired) electrons. The van der Waals surface area contributed by atoms with Crippen LogP contribution < -0.4 is 5.32 Å². The van der Waals surface area contributed by atoms with Crippen LogP contribution in [0.5, 0.6) is 0 Å². The fraction of sp³-hybridized carbons (Fsp3) is 0.211. The number of benzene rings is 1. The molecule has 146 valence electrons. The highest BCUT2D eigenvalue weighted by molar-refractivity contribution is 7.90. The van der Waals surface area contributed by atoms with E-state index in [1.54, 1.807) is 60.6 Å². The fourth-order valence-corrected chi connectivity index (χ4v) is 3.14. The van der Waals surface area contributed by atoms with E-state index in [0.717, 1.165) is 11.3 Å². The summed E-state index contributed by atoms with van der Waals surface area (Å²) >= 11 is 0. The molecule has 0 atom stereocenters. The number of hydrogen-bond donors (Lipinski definition) is 1. The van der Waals surface area contributed by atoms with E-state index in [1.165, 1.54) is 12.5 Å². The van der Waals surface area contributed by atoms with Crippen molar-refractivity contribution in [2.24, 2.45) is 0 Å². The smallest absolute Gasteiger partial charge is 0.252 e. The number of rotatable bonds is 7. The van der Waals surface area contributed by atoms with Gasteiger partial charge in [-0.1, -0.05) is 0 Å². The number of carbonyl (C=O) groups is 1. The summed E-state index contributed by atoms with van der Waals surface area (Å²) in [6.45, 7) is 0.879. The van der Waals surface area contributed by atoms with Crippen molar-refractivity contribution in [1.82, 2.24) is 20.1 Å². The first-order chi connectivity index (χ1) is 13.4. The zero-order valence-corrected chi connectivity index (χ0v) is 16.3. The monoisotopic (exact) mass is 400 g/mol. The summed E-state index contributed by atoms with van der Waals surface area (Å²) < 4.78 is 29.6. The van der Waals surface area contributed by atoms with Gasteiger partial charge in [0.1, 0.15) is 0 Å². The third-order valence-electron chi connectivity index (χ3n) is 4.03. The maximum absolute atomic E-state index is 12.0. The van der Waals surface area contributed by atoms with Crippen LogP contribution in [0.15, 0.2) is 59.9 Å². The molecule has 0 fully saturated rings. The molecule has 0 aliphatic carbocycles. The van der Waals surface area contributed by atoms with Crippen molar-refractivity contribution < 1.29 is 17.9 Å². The summed E-state index contributed by atoms with van der Waals surface area (Å²) in [4.78, 5) is 16.6. The molecule has 0 saturated heterocycles. The lowest BCUT2D eigenvalue weighted by atomic mass is 10.2. The van der Waals surface area contributed by atoms with E-state index >= 15 is 0 Å². The second-order valence-corrected chi connectivity index (χ2v) is 8.14. The van der Waals surface area contributed by atoms with E-state index in [0.29, 0.717) is 24.4 Å². The zero-order valence-electron chi connectivity index (χ0n) is 15.5. The zero-order chi connectivity index (χ0) is 20.1. The Morgan fingerprint density at radius 2 is 1.89 bits per heavy atom. The number of pyridine rings is 1. The van der Waals surface area contributed by atoms with Gasteiger partial charge in [-0.15, -0.1) is 0 Å². The third-order valence-corrected chi connectivity index (χ3v) is 5.15. The Morgan fingerprint density at radius 1 is 1.14 bits per heavy atom. The molecule has 0 saturated carbocycles. The molecule has 0 bridgehead atoms. The predicted octanol–water partition coefficient (Wildman–Crippen LogP) is 1.71. The number of ether oxygens (including phenoxy) is 1. The van der Waals surface area contributed by atoms with Gasteiger partial charge in [0, 0.05) is 37.9 Å². The summed E-state index contributed by atoms with van der Waals surface area (Å²) in [5.41, 5.74) is 2.64. The van der Waals surface area contributed by atoms with Gasteiger partial charge in [0.2, 0.25) is 0 Å². The molecule has 9 heteroatoms. The lowest BCUT2D eigenvalue weighted by Gasteiger charge is -2.05. The Bertz CT molecular complexity index is 1060. The van der Waals surface area contributed by atoms with Gasteiger partial charge in [-0.05, 0) is 36.4 Å². The van der Waals surface area contributed by atoms with Gasteiger partial charge in [-0.25, -0.2) is 13.1 Å². The SMILES string of the molecule is COCCNC(=O)c1ccc(-c2cnn(-c3ccc(S(C)(=O)=O)cc3)c2)nc1. The average Bonchev–Trinajstić information content (AvgIpc) is 3.18. The first-order valence-corrected chi connectivity index (χ1v) is 10.4. The first kappa shape index (κ1) is 19.7. The van der Waals surface area contributed by atoms with Gasteiger partial charge in [0.15, 0.2) is 9.84 Å². The quantitative estimate of drug-likeness (QED) is 0.606. The Balaban J connectivity index is 1.74. The fourth-order valence-electron chi connectivity index (χ4n) is 2.51. The van der Waals surface area contributed by atoms with E-state index in [4.69, 9.17) is 4.74 Å². The van der Waals surface area contributed by atoms with Crippen LogP contribution in [0.4, 0.5) is 0 Å². The minimum Gasteiger partial charge on any atom is -0.383 e. The number of nitrogens with zero attached hydrogens (tertiary/aromatic N) is 3. The minimum atomic E-state index is -3.24. The molecule has 0 aliphatic rings. The molecule has 28 heavy (non-hydrogen) atoms. The number of methoxy groups -OCH3 is 1. The highest BCUT2D eigenvalue weighted by Crippen LogP contribution is 2.19. The van der Waals surface area contributed by atoms with Gasteiger partial charge in [0.25, 0.3) is 5.91 Å². The van der Waals surface area contributed by atoms with Gasteiger partial charge in [-0.2, -0.15) is 5.10 Å². The molecule has 2 aromatic heterocycles. The number of amides is 1. The summed E-state index contributed by atoms with van der Waals surface area (Å²) in [6.07, 6.45) is 6.12. The molecule has 0 spiro atoms. The number of sulfone groups is 1. The van der Waals surface area contributed by atoms with E-state index in [-0.39, 0.29) is 10.8 Å². The standard InChI is InChI=1S/C19H20N4O4S/c1-27-10-9-20-19(24)14-3-8-18(21-11-14)15-12-22-23(13-15)16-4-6-17(7-5-16)28(2,25)26/h3-8,11-13H,9-10H2,1-2H3,(H,20,24). The second kappa shape index (κ2) is 8.32. The van der Waals surface area contributed by atoms with Crippen molar-refractivity contribution in [3.8, 4) is 16.9 Å². The van der Waals surface area contributed by atoms with Gasteiger partial charge < -0.3 is 10.1 Å². The summed E-state index contributed by atoms with van der Waals surface area (Å²) in [6, 6.07) is 9.91. The van der Waals surface area contributed by atoms with Crippen molar-refractivity contribution >= 4 is 15.7 Å². The lowest BCUT2D eigenvalue weighted by Crippen LogP contribution is -2.26. The first-order valence-electron chi connectivity index (χ1n) is 8.47. The molecule has 0 unspecified atom stereocenters. The average molecular weight is 400 g/mol. The third kappa shape index (κ3) is 4.62. The Morgan fingerprint density at radius 3 is 2.50 bits per heavy atom. The molecule has 1 aromatic carbocycles. The number of hydrogen-bond acceptors (Lipinski definition) is 6. The molecule has 2 heterocycles. The van der Waals surface area contributed by atoms with Crippen LogP contribution in [0, 0.1) is 0 Å². The van der Waals surface area contributed by atoms with Crippen molar-refractivity contribution in [2.45, 2.75) is 4.90 Å². The topological polar surface area (TPSA) is 103 Å².